The predicted molar refractivity (Wildman–Crippen MR) is 72.1 cm³/mol. The van der Waals surface area contributed by atoms with Crippen molar-refractivity contribution in [3.05, 3.63) is 66.7 Å². The summed E-state index contributed by atoms with van der Waals surface area (Å²) in [5.41, 5.74) is 0. The van der Waals surface area contributed by atoms with Crippen LogP contribution in [0.4, 0.5) is 0 Å². The average molecular weight is 236 g/mol. The monoisotopic (exact) mass is 236 g/mol. The zero-order valence-corrected chi connectivity index (χ0v) is 9.71. The number of rotatable bonds is 2. The highest BCUT2D eigenvalue weighted by Crippen LogP contribution is 2.27. The number of ether oxygens (including phenoxy) is 1. The summed E-state index contributed by atoms with van der Waals surface area (Å²) in [5, 5.41) is 11.7. The Labute approximate surface area is 105 Å². The molecule has 0 atom stereocenters. The number of benzene rings is 3. The highest BCUT2D eigenvalue weighted by Gasteiger charge is 2.00. The Morgan fingerprint density at radius 3 is 2.28 bits per heavy atom. The molecular weight excluding hydrogens is 224 g/mol. The van der Waals surface area contributed by atoms with E-state index in [0.29, 0.717) is 5.75 Å². The lowest BCUT2D eigenvalue weighted by molar-refractivity contribution is 0.455. The van der Waals surface area contributed by atoms with Crippen molar-refractivity contribution in [3.63, 3.8) is 0 Å². The molecule has 3 aromatic rings. The molecule has 3 aromatic carbocycles. The molecule has 0 saturated carbocycles. The molecule has 1 N–H and O–H groups in total. The third-order valence-corrected chi connectivity index (χ3v) is 2.77. The fraction of sp³-hybridized carbons (Fsp3) is 0. The van der Waals surface area contributed by atoms with Gasteiger partial charge in [0.2, 0.25) is 0 Å². The van der Waals surface area contributed by atoms with Crippen molar-refractivity contribution in [2.24, 2.45) is 0 Å². The second kappa shape index (κ2) is 4.41. The van der Waals surface area contributed by atoms with Gasteiger partial charge in [-0.05, 0) is 35.0 Å². The van der Waals surface area contributed by atoms with Crippen molar-refractivity contribution in [2.75, 3.05) is 0 Å². The van der Waals surface area contributed by atoms with E-state index >= 15 is 0 Å². The molecule has 0 aromatic heterocycles. The highest BCUT2D eigenvalue weighted by molar-refractivity contribution is 5.83. The molecule has 88 valence electrons. The van der Waals surface area contributed by atoms with Gasteiger partial charge >= 0.3 is 0 Å². The van der Waals surface area contributed by atoms with E-state index in [2.05, 4.69) is 6.07 Å². The SMILES string of the molecule is Oc1cccc(Oc2ccc3ccccc3c2)c1. The summed E-state index contributed by atoms with van der Waals surface area (Å²) in [6.07, 6.45) is 0. The van der Waals surface area contributed by atoms with Gasteiger partial charge in [0.15, 0.2) is 0 Å². The van der Waals surface area contributed by atoms with Crippen LogP contribution >= 0.6 is 0 Å². The molecule has 0 saturated heterocycles. The summed E-state index contributed by atoms with van der Waals surface area (Å²) in [7, 11) is 0. The number of phenolic OH excluding ortho intramolecular Hbond substituents is 1. The van der Waals surface area contributed by atoms with Gasteiger partial charge in [0.25, 0.3) is 0 Å². The molecule has 0 bridgehead atoms. The molecule has 18 heavy (non-hydrogen) atoms. The molecular formula is C16H12O2. The summed E-state index contributed by atoms with van der Waals surface area (Å²) < 4.78 is 5.71. The first kappa shape index (κ1) is 10.7. The second-order valence-electron chi connectivity index (χ2n) is 4.11. The summed E-state index contributed by atoms with van der Waals surface area (Å²) in [5.74, 6) is 1.60. The average Bonchev–Trinajstić information content (AvgIpc) is 2.39. The quantitative estimate of drug-likeness (QED) is 0.717. The van der Waals surface area contributed by atoms with Crippen molar-refractivity contribution in [1.29, 1.82) is 0 Å². The standard InChI is InChI=1S/C16H12O2/c17-14-6-3-7-15(11-14)18-16-9-8-12-4-1-2-5-13(12)10-16/h1-11,17H. The molecule has 0 aliphatic rings. The minimum absolute atomic E-state index is 0.202. The maximum atomic E-state index is 9.38. The van der Waals surface area contributed by atoms with Crippen LogP contribution in [0.15, 0.2) is 66.7 Å². The largest absolute Gasteiger partial charge is 0.508 e. The van der Waals surface area contributed by atoms with E-state index in [-0.39, 0.29) is 5.75 Å². The van der Waals surface area contributed by atoms with Crippen LogP contribution in [-0.2, 0) is 0 Å². The molecule has 0 fully saturated rings. The highest BCUT2D eigenvalue weighted by atomic mass is 16.5. The second-order valence-corrected chi connectivity index (χ2v) is 4.11. The molecule has 2 nitrogen and oxygen atoms in total. The van der Waals surface area contributed by atoms with Crippen molar-refractivity contribution in [1.82, 2.24) is 0 Å². The topological polar surface area (TPSA) is 29.5 Å². The lowest BCUT2D eigenvalue weighted by Gasteiger charge is -2.07. The molecule has 2 heteroatoms. The lowest BCUT2D eigenvalue weighted by Crippen LogP contribution is -1.83. The van der Waals surface area contributed by atoms with Gasteiger partial charge in [0, 0.05) is 6.07 Å². The molecule has 0 aliphatic carbocycles. The normalized spacial score (nSPS) is 10.4. The van der Waals surface area contributed by atoms with Crippen LogP contribution in [-0.4, -0.2) is 5.11 Å². The number of phenols is 1. The fourth-order valence-electron chi connectivity index (χ4n) is 1.91. The third kappa shape index (κ3) is 2.13. The van der Waals surface area contributed by atoms with E-state index in [1.807, 2.05) is 42.5 Å². The maximum absolute atomic E-state index is 9.38. The van der Waals surface area contributed by atoms with Crippen molar-refractivity contribution < 1.29 is 9.84 Å². The Bertz CT molecular complexity index is 689. The maximum Gasteiger partial charge on any atom is 0.131 e. The Balaban J connectivity index is 1.95. The van der Waals surface area contributed by atoms with Gasteiger partial charge in [0.1, 0.15) is 17.2 Å². The molecule has 0 spiro atoms. The smallest absolute Gasteiger partial charge is 0.131 e. The first-order valence-electron chi connectivity index (χ1n) is 5.77. The number of fused-ring (bicyclic) bond motifs is 1. The minimum Gasteiger partial charge on any atom is -0.508 e. The first-order valence-corrected chi connectivity index (χ1v) is 5.77. The molecule has 0 aliphatic heterocycles. The van der Waals surface area contributed by atoms with Gasteiger partial charge in [-0.3, -0.25) is 0 Å². The van der Waals surface area contributed by atoms with Gasteiger partial charge in [0.05, 0.1) is 0 Å². The molecule has 0 radical (unpaired) electrons. The van der Waals surface area contributed by atoms with Crippen LogP contribution in [0.2, 0.25) is 0 Å². The van der Waals surface area contributed by atoms with Crippen LogP contribution in [0.5, 0.6) is 17.2 Å². The van der Waals surface area contributed by atoms with Crippen LogP contribution in [0.25, 0.3) is 10.8 Å². The van der Waals surface area contributed by atoms with Crippen molar-refractivity contribution in [2.45, 2.75) is 0 Å². The van der Waals surface area contributed by atoms with Gasteiger partial charge < -0.3 is 9.84 Å². The van der Waals surface area contributed by atoms with Crippen LogP contribution < -0.4 is 4.74 Å². The predicted octanol–water partition coefficient (Wildman–Crippen LogP) is 4.34. The Kier molecular flexibility index (Phi) is 2.61. The van der Waals surface area contributed by atoms with Crippen LogP contribution in [0.3, 0.4) is 0 Å². The molecule has 0 unspecified atom stereocenters. The fourth-order valence-corrected chi connectivity index (χ4v) is 1.91. The molecule has 3 rings (SSSR count). The minimum atomic E-state index is 0.202. The lowest BCUT2D eigenvalue weighted by atomic mass is 10.1. The van der Waals surface area contributed by atoms with E-state index in [1.165, 1.54) is 5.39 Å². The van der Waals surface area contributed by atoms with Gasteiger partial charge in [-0.1, -0.05) is 36.4 Å². The van der Waals surface area contributed by atoms with Gasteiger partial charge in [-0.15, -0.1) is 0 Å². The van der Waals surface area contributed by atoms with Crippen LogP contribution in [0.1, 0.15) is 0 Å². The van der Waals surface area contributed by atoms with E-state index in [9.17, 15) is 5.11 Å². The Hall–Kier alpha value is -2.48. The molecule has 0 amide bonds. The summed E-state index contributed by atoms with van der Waals surface area (Å²) in [6, 6.07) is 20.8. The van der Waals surface area contributed by atoms with Crippen molar-refractivity contribution in [3.8, 4) is 17.2 Å². The van der Waals surface area contributed by atoms with E-state index < -0.39 is 0 Å². The van der Waals surface area contributed by atoms with Crippen LogP contribution in [0, 0.1) is 0 Å². The van der Waals surface area contributed by atoms with Crippen molar-refractivity contribution >= 4 is 10.8 Å². The van der Waals surface area contributed by atoms with E-state index in [0.717, 1.165) is 11.1 Å². The summed E-state index contributed by atoms with van der Waals surface area (Å²) in [6.45, 7) is 0. The number of aromatic hydroxyl groups is 1. The molecule has 0 heterocycles. The zero-order chi connectivity index (χ0) is 12.4. The van der Waals surface area contributed by atoms with Gasteiger partial charge in [-0.2, -0.15) is 0 Å². The third-order valence-electron chi connectivity index (χ3n) is 2.77. The van der Waals surface area contributed by atoms with E-state index in [1.54, 1.807) is 18.2 Å². The summed E-state index contributed by atoms with van der Waals surface area (Å²) in [4.78, 5) is 0. The first-order chi connectivity index (χ1) is 8.81. The number of hydrogen-bond donors (Lipinski definition) is 1. The van der Waals surface area contributed by atoms with E-state index in [4.69, 9.17) is 4.74 Å². The zero-order valence-electron chi connectivity index (χ0n) is 9.71. The number of hydrogen-bond acceptors (Lipinski definition) is 2. The summed E-state index contributed by atoms with van der Waals surface area (Å²) >= 11 is 0. The Morgan fingerprint density at radius 2 is 1.44 bits per heavy atom. The van der Waals surface area contributed by atoms with Gasteiger partial charge in [-0.25, -0.2) is 0 Å². The Morgan fingerprint density at radius 1 is 0.667 bits per heavy atom.